The van der Waals surface area contributed by atoms with E-state index in [0.717, 1.165) is 31.8 Å². The summed E-state index contributed by atoms with van der Waals surface area (Å²) in [7, 11) is 0. The van der Waals surface area contributed by atoms with E-state index in [1.807, 2.05) is 12.1 Å². The third kappa shape index (κ3) is 5.81. The van der Waals surface area contributed by atoms with E-state index >= 15 is 0 Å². The molecule has 140 valence electrons. The number of rotatable bonds is 5. The molecule has 3 rings (SSSR count). The van der Waals surface area contributed by atoms with Gasteiger partial charge in [0, 0.05) is 31.9 Å². The van der Waals surface area contributed by atoms with Crippen LogP contribution in [-0.4, -0.2) is 36.7 Å². The lowest BCUT2D eigenvalue weighted by molar-refractivity contribution is -0.0212. The molecule has 1 saturated heterocycles. The Balaban J connectivity index is 1.50. The van der Waals surface area contributed by atoms with Gasteiger partial charge in [-0.3, -0.25) is 4.90 Å². The van der Waals surface area contributed by atoms with E-state index in [-0.39, 0.29) is 12.1 Å². The molecule has 6 nitrogen and oxygen atoms in total. The van der Waals surface area contributed by atoms with Gasteiger partial charge in [0.15, 0.2) is 0 Å². The van der Waals surface area contributed by atoms with E-state index in [4.69, 9.17) is 10.00 Å². The van der Waals surface area contributed by atoms with Gasteiger partial charge in [0.05, 0.1) is 24.3 Å². The second-order valence-electron chi connectivity index (χ2n) is 6.73. The van der Waals surface area contributed by atoms with Crippen molar-refractivity contribution in [1.29, 1.82) is 5.26 Å². The lowest BCUT2D eigenvalue weighted by Gasteiger charge is -2.31. The van der Waals surface area contributed by atoms with E-state index in [9.17, 15) is 4.79 Å². The molecule has 0 aromatic heterocycles. The van der Waals surface area contributed by atoms with Crippen molar-refractivity contribution >= 4 is 11.7 Å². The van der Waals surface area contributed by atoms with Crippen molar-refractivity contribution in [1.82, 2.24) is 10.2 Å². The Kier molecular flexibility index (Phi) is 6.42. The highest BCUT2D eigenvalue weighted by atomic mass is 16.5. The molecule has 27 heavy (non-hydrogen) atoms. The number of anilines is 1. The molecule has 1 fully saturated rings. The van der Waals surface area contributed by atoms with E-state index in [0.29, 0.717) is 17.8 Å². The van der Waals surface area contributed by atoms with Crippen molar-refractivity contribution in [2.45, 2.75) is 26.1 Å². The van der Waals surface area contributed by atoms with Crippen molar-refractivity contribution in [2.24, 2.45) is 0 Å². The molecule has 2 amide bonds. The van der Waals surface area contributed by atoms with Crippen LogP contribution in [0.25, 0.3) is 0 Å². The molecular formula is C21H24N4O2. The summed E-state index contributed by atoms with van der Waals surface area (Å²) in [5.41, 5.74) is 3.51. The maximum atomic E-state index is 12.1. The summed E-state index contributed by atoms with van der Waals surface area (Å²) in [5, 5.41) is 14.4. The Morgan fingerprint density at radius 1 is 1.26 bits per heavy atom. The number of nitrogens with one attached hydrogen (secondary N) is 2. The summed E-state index contributed by atoms with van der Waals surface area (Å²) in [6, 6.07) is 16.8. The van der Waals surface area contributed by atoms with E-state index < -0.39 is 0 Å². The Labute approximate surface area is 159 Å². The van der Waals surface area contributed by atoms with Crippen LogP contribution in [0.15, 0.2) is 48.5 Å². The number of hydrogen-bond acceptors (Lipinski definition) is 4. The van der Waals surface area contributed by atoms with Crippen molar-refractivity contribution in [3.63, 3.8) is 0 Å². The number of morpholine rings is 1. The van der Waals surface area contributed by atoms with Gasteiger partial charge in [-0.1, -0.05) is 24.3 Å². The Bertz CT molecular complexity index is 814. The van der Waals surface area contributed by atoms with Crippen molar-refractivity contribution < 1.29 is 9.53 Å². The second-order valence-corrected chi connectivity index (χ2v) is 6.73. The number of benzene rings is 2. The SMILES string of the molecule is CC1CN(Cc2cccc(CNC(=O)Nc3ccc(C#N)cc3)c2)CCO1. The van der Waals surface area contributed by atoms with Gasteiger partial charge in [-0.25, -0.2) is 4.79 Å². The number of amides is 2. The molecule has 0 aliphatic carbocycles. The van der Waals surface area contributed by atoms with Gasteiger partial charge in [-0.05, 0) is 42.3 Å². The number of carbonyl (C=O) groups excluding carboxylic acids is 1. The zero-order chi connectivity index (χ0) is 19.1. The van der Waals surface area contributed by atoms with Crippen LogP contribution in [0.3, 0.4) is 0 Å². The summed E-state index contributed by atoms with van der Waals surface area (Å²) in [6.07, 6.45) is 0.273. The minimum atomic E-state index is -0.271. The van der Waals surface area contributed by atoms with E-state index in [1.165, 1.54) is 5.56 Å². The number of nitriles is 1. The average molecular weight is 364 g/mol. The van der Waals surface area contributed by atoms with Crippen LogP contribution in [0.2, 0.25) is 0 Å². The summed E-state index contributed by atoms with van der Waals surface area (Å²) in [4.78, 5) is 14.5. The first-order valence-electron chi connectivity index (χ1n) is 9.09. The van der Waals surface area contributed by atoms with Gasteiger partial charge >= 0.3 is 6.03 Å². The Hall–Kier alpha value is -2.88. The van der Waals surface area contributed by atoms with E-state index in [1.54, 1.807) is 24.3 Å². The number of nitrogens with zero attached hydrogens (tertiary/aromatic N) is 2. The topological polar surface area (TPSA) is 77.4 Å². The van der Waals surface area contributed by atoms with Crippen LogP contribution in [0.4, 0.5) is 10.5 Å². The fourth-order valence-electron chi connectivity index (χ4n) is 3.12. The van der Waals surface area contributed by atoms with Crippen LogP contribution in [0.5, 0.6) is 0 Å². The number of carbonyl (C=O) groups is 1. The smallest absolute Gasteiger partial charge is 0.319 e. The maximum absolute atomic E-state index is 12.1. The first-order chi connectivity index (χ1) is 13.1. The molecule has 2 N–H and O–H groups in total. The standard InChI is InChI=1S/C21H24N4O2/c1-16-14-25(9-10-27-16)15-19-4-2-3-18(11-19)13-23-21(26)24-20-7-5-17(12-22)6-8-20/h2-8,11,16H,9-10,13-15H2,1H3,(H2,23,24,26). The molecule has 1 unspecified atom stereocenters. The molecule has 2 aromatic rings. The third-order valence-electron chi connectivity index (χ3n) is 4.45. The number of ether oxygens (including phenoxy) is 1. The quantitative estimate of drug-likeness (QED) is 0.855. The largest absolute Gasteiger partial charge is 0.376 e. The summed E-state index contributed by atoms with van der Waals surface area (Å²) in [6.45, 7) is 6.10. The first-order valence-corrected chi connectivity index (χ1v) is 9.09. The van der Waals surface area contributed by atoms with Gasteiger partial charge in [-0.2, -0.15) is 5.26 Å². The van der Waals surface area contributed by atoms with Crippen molar-refractivity contribution in [2.75, 3.05) is 25.0 Å². The van der Waals surface area contributed by atoms with Gasteiger partial charge in [0.2, 0.25) is 0 Å². The molecular weight excluding hydrogens is 340 g/mol. The van der Waals surface area contributed by atoms with Crippen molar-refractivity contribution in [3.8, 4) is 6.07 Å². The molecule has 1 aliphatic heterocycles. The first kappa shape index (κ1) is 18.9. The molecule has 0 bridgehead atoms. The molecule has 0 saturated carbocycles. The number of hydrogen-bond donors (Lipinski definition) is 2. The molecule has 0 spiro atoms. The van der Waals surface area contributed by atoms with Crippen LogP contribution in [0, 0.1) is 11.3 Å². The molecule has 1 atom stereocenters. The predicted molar refractivity (Wildman–Crippen MR) is 104 cm³/mol. The van der Waals surface area contributed by atoms with Gasteiger partial charge in [-0.15, -0.1) is 0 Å². The van der Waals surface area contributed by atoms with Gasteiger partial charge in [0.1, 0.15) is 0 Å². The molecule has 6 heteroatoms. The van der Waals surface area contributed by atoms with Crippen LogP contribution in [-0.2, 0) is 17.8 Å². The highest BCUT2D eigenvalue weighted by Gasteiger charge is 2.16. The van der Waals surface area contributed by atoms with Crippen LogP contribution < -0.4 is 10.6 Å². The summed E-state index contributed by atoms with van der Waals surface area (Å²) >= 11 is 0. The summed E-state index contributed by atoms with van der Waals surface area (Å²) < 4.78 is 5.58. The van der Waals surface area contributed by atoms with Crippen LogP contribution in [0.1, 0.15) is 23.6 Å². The lowest BCUT2D eigenvalue weighted by atomic mass is 10.1. The zero-order valence-electron chi connectivity index (χ0n) is 15.4. The molecule has 1 heterocycles. The molecule has 2 aromatic carbocycles. The molecule has 0 radical (unpaired) electrons. The molecule has 1 aliphatic rings. The van der Waals surface area contributed by atoms with Gasteiger partial charge < -0.3 is 15.4 Å². The van der Waals surface area contributed by atoms with Crippen molar-refractivity contribution in [3.05, 3.63) is 65.2 Å². The second kappa shape index (κ2) is 9.17. The third-order valence-corrected chi connectivity index (χ3v) is 4.45. The zero-order valence-corrected chi connectivity index (χ0v) is 15.4. The monoisotopic (exact) mass is 364 g/mol. The van der Waals surface area contributed by atoms with Crippen LogP contribution >= 0.6 is 0 Å². The predicted octanol–water partition coefficient (Wildman–Crippen LogP) is 3.10. The van der Waals surface area contributed by atoms with Gasteiger partial charge in [0.25, 0.3) is 0 Å². The fourth-order valence-corrected chi connectivity index (χ4v) is 3.12. The lowest BCUT2D eigenvalue weighted by Crippen LogP contribution is -2.40. The minimum Gasteiger partial charge on any atom is -0.376 e. The normalized spacial score (nSPS) is 17.1. The Morgan fingerprint density at radius 2 is 2.04 bits per heavy atom. The highest BCUT2D eigenvalue weighted by molar-refractivity contribution is 5.89. The maximum Gasteiger partial charge on any atom is 0.319 e. The Morgan fingerprint density at radius 3 is 2.78 bits per heavy atom. The fraction of sp³-hybridized carbons (Fsp3) is 0.333. The summed E-state index contributed by atoms with van der Waals surface area (Å²) in [5.74, 6) is 0. The average Bonchev–Trinajstić information content (AvgIpc) is 2.67. The number of urea groups is 1. The van der Waals surface area contributed by atoms with E-state index in [2.05, 4.69) is 40.7 Å². The minimum absolute atomic E-state index is 0.271. The highest BCUT2D eigenvalue weighted by Crippen LogP contribution is 2.12.